The summed E-state index contributed by atoms with van der Waals surface area (Å²) in [6.45, 7) is 13.6. The molecule has 2 N–H and O–H groups in total. The molecular weight excluding hydrogens is 394 g/mol. The summed E-state index contributed by atoms with van der Waals surface area (Å²) in [4.78, 5) is 28.0. The van der Waals surface area contributed by atoms with E-state index in [0.29, 0.717) is 12.3 Å². The number of ether oxygens (including phenoxy) is 2. The summed E-state index contributed by atoms with van der Waals surface area (Å²) in [5, 5.41) is 5.99. The quantitative estimate of drug-likeness (QED) is 0.626. The molecule has 1 fully saturated rings. The Morgan fingerprint density at radius 3 is 2.35 bits per heavy atom. The fraction of sp³-hybridized carbons (Fsp3) is 0.667. The van der Waals surface area contributed by atoms with E-state index >= 15 is 0 Å². The van der Waals surface area contributed by atoms with Crippen LogP contribution in [0.3, 0.4) is 0 Å². The van der Waals surface area contributed by atoms with Crippen LogP contribution >= 0.6 is 0 Å². The summed E-state index contributed by atoms with van der Waals surface area (Å²) in [7, 11) is 0. The Morgan fingerprint density at radius 2 is 1.77 bits per heavy atom. The van der Waals surface area contributed by atoms with Crippen LogP contribution in [0.5, 0.6) is 0 Å². The van der Waals surface area contributed by atoms with Crippen LogP contribution in [0.2, 0.25) is 0 Å². The van der Waals surface area contributed by atoms with Crippen LogP contribution in [0, 0.1) is 5.92 Å². The fourth-order valence-corrected chi connectivity index (χ4v) is 3.51. The van der Waals surface area contributed by atoms with Crippen molar-refractivity contribution in [3.05, 3.63) is 35.9 Å². The van der Waals surface area contributed by atoms with Gasteiger partial charge in [-0.1, -0.05) is 50.6 Å². The molecule has 7 nitrogen and oxygen atoms in total. The summed E-state index contributed by atoms with van der Waals surface area (Å²) in [5.74, 6) is 0.124. The molecule has 7 heteroatoms. The van der Waals surface area contributed by atoms with Crippen LogP contribution in [-0.2, 0) is 20.7 Å². The minimum Gasteiger partial charge on any atom is -0.444 e. The van der Waals surface area contributed by atoms with E-state index in [4.69, 9.17) is 9.47 Å². The SMILES string of the molecule is CCC(C)[C@@H](CN1CCOCC1)NC(=O)[C@@H](Cc1ccccc1)NC(=O)OC(C)(C)C. The summed E-state index contributed by atoms with van der Waals surface area (Å²) in [5.41, 5.74) is 0.347. The highest BCUT2D eigenvalue weighted by Crippen LogP contribution is 2.13. The first-order valence-corrected chi connectivity index (χ1v) is 11.3. The minimum absolute atomic E-state index is 0.00527. The zero-order valence-electron chi connectivity index (χ0n) is 19.6. The molecule has 174 valence electrons. The highest BCUT2D eigenvalue weighted by molar-refractivity contribution is 5.86. The lowest BCUT2D eigenvalue weighted by Crippen LogP contribution is -2.56. The van der Waals surface area contributed by atoms with E-state index in [1.165, 1.54) is 0 Å². The van der Waals surface area contributed by atoms with Crippen LogP contribution in [0.4, 0.5) is 4.79 Å². The van der Waals surface area contributed by atoms with Crippen molar-refractivity contribution in [3.63, 3.8) is 0 Å². The van der Waals surface area contributed by atoms with Gasteiger partial charge in [0.2, 0.25) is 5.91 Å². The van der Waals surface area contributed by atoms with Crippen molar-refractivity contribution in [1.29, 1.82) is 0 Å². The first kappa shape index (κ1) is 25.1. The number of rotatable bonds is 9. The number of benzene rings is 1. The molecule has 0 radical (unpaired) electrons. The molecule has 1 heterocycles. The topological polar surface area (TPSA) is 79.9 Å². The molecule has 0 bridgehead atoms. The first-order valence-electron chi connectivity index (χ1n) is 11.3. The molecule has 1 aromatic carbocycles. The second-order valence-electron chi connectivity index (χ2n) is 9.30. The van der Waals surface area contributed by atoms with Crippen LogP contribution in [0.15, 0.2) is 30.3 Å². The third-order valence-corrected chi connectivity index (χ3v) is 5.51. The number of hydrogen-bond donors (Lipinski definition) is 2. The van der Waals surface area contributed by atoms with Gasteiger partial charge in [-0.05, 0) is 32.3 Å². The lowest BCUT2D eigenvalue weighted by Gasteiger charge is -2.34. The van der Waals surface area contributed by atoms with Gasteiger partial charge in [-0.3, -0.25) is 9.69 Å². The second kappa shape index (κ2) is 12.1. The van der Waals surface area contributed by atoms with Crippen molar-refractivity contribution in [2.75, 3.05) is 32.8 Å². The first-order chi connectivity index (χ1) is 14.7. The van der Waals surface area contributed by atoms with E-state index in [1.807, 2.05) is 30.3 Å². The van der Waals surface area contributed by atoms with Crippen LogP contribution in [-0.4, -0.2) is 67.4 Å². The molecule has 0 aromatic heterocycles. The number of nitrogens with one attached hydrogen (secondary N) is 2. The van der Waals surface area contributed by atoms with Crippen molar-refractivity contribution in [1.82, 2.24) is 15.5 Å². The Labute approximate surface area is 186 Å². The van der Waals surface area contributed by atoms with E-state index in [0.717, 1.165) is 44.8 Å². The van der Waals surface area contributed by atoms with Crippen LogP contribution in [0.1, 0.15) is 46.6 Å². The van der Waals surface area contributed by atoms with Gasteiger partial charge < -0.3 is 20.1 Å². The third kappa shape index (κ3) is 9.27. The standard InChI is InChI=1S/C24H39N3O4/c1-6-18(2)21(17-27-12-14-30-15-13-27)25-22(28)20(16-19-10-8-7-9-11-19)26-23(29)31-24(3,4)5/h7-11,18,20-21H,6,12-17H2,1-5H3,(H,25,28)(H,26,29)/t18?,20-,21-/m1/s1. The number of alkyl carbamates (subject to hydrolysis) is 1. The molecule has 1 aromatic rings. The molecule has 3 atom stereocenters. The molecule has 2 rings (SSSR count). The molecule has 1 aliphatic rings. The molecule has 1 saturated heterocycles. The van der Waals surface area contributed by atoms with Crippen molar-refractivity contribution < 1.29 is 19.1 Å². The van der Waals surface area contributed by atoms with Gasteiger partial charge >= 0.3 is 6.09 Å². The van der Waals surface area contributed by atoms with Gasteiger partial charge in [-0.2, -0.15) is 0 Å². The maximum absolute atomic E-state index is 13.3. The fourth-order valence-electron chi connectivity index (χ4n) is 3.51. The van der Waals surface area contributed by atoms with Crippen molar-refractivity contribution in [3.8, 4) is 0 Å². The smallest absolute Gasteiger partial charge is 0.408 e. The van der Waals surface area contributed by atoms with Gasteiger partial charge in [0.05, 0.1) is 13.2 Å². The molecule has 0 saturated carbocycles. The maximum atomic E-state index is 13.3. The van der Waals surface area contributed by atoms with Crippen LogP contribution in [0.25, 0.3) is 0 Å². The van der Waals surface area contributed by atoms with Crippen molar-refractivity contribution in [2.45, 2.75) is 65.1 Å². The maximum Gasteiger partial charge on any atom is 0.408 e. The molecule has 0 spiro atoms. The van der Waals surface area contributed by atoms with Crippen molar-refractivity contribution >= 4 is 12.0 Å². The molecule has 0 aliphatic carbocycles. The average molecular weight is 434 g/mol. The Balaban J connectivity index is 2.10. The predicted octanol–water partition coefficient (Wildman–Crippen LogP) is 2.99. The van der Waals surface area contributed by atoms with Gasteiger partial charge in [0.15, 0.2) is 0 Å². The van der Waals surface area contributed by atoms with Gasteiger partial charge in [0.1, 0.15) is 11.6 Å². The Morgan fingerprint density at radius 1 is 1.13 bits per heavy atom. The van der Waals surface area contributed by atoms with Gasteiger partial charge in [0, 0.05) is 32.1 Å². The lowest BCUT2D eigenvalue weighted by atomic mass is 9.97. The molecule has 2 amide bonds. The highest BCUT2D eigenvalue weighted by Gasteiger charge is 2.29. The second-order valence-corrected chi connectivity index (χ2v) is 9.30. The van der Waals surface area contributed by atoms with Gasteiger partial charge in [0.25, 0.3) is 0 Å². The number of hydrogen-bond acceptors (Lipinski definition) is 5. The Kier molecular flexibility index (Phi) is 9.78. The predicted molar refractivity (Wildman–Crippen MR) is 122 cm³/mol. The molecular formula is C24H39N3O4. The van der Waals surface area contributed by atoms with Gasteiger partial charge in [-0.25, -0.2) is 4.79 Å². The highest BCUT2D eigenvalue weighted by atomic mass is 16.6. The van der Waals surface area contributed by atoms with E-state index in [2.05, 4.69) is 29.4 Å². The number of nitrogens with zero attached hydrogens (tertiary/aromatic N) is 1. The lowest BCUT2D eigenvalue weighted by molar-refractivity contribution is -0.124. The molecule has 31 heavy (non-hydrogen) atoms. The zero-order valence-corrected chi connectivity index (χ0v) is 19.6. The van der Waals surface area contributed by atoms with Crippen molar-refractivity contribution in [2.24, 2.45) is 5.92 Å². The van der Waals surface area contributed by atoms with Crippen LogP contribution < -0.4 is 10.6 Å². The van der Waals surface area contributed by atoms with E-state index in [-0.39, 0.29) is 11.9 Å². The minimum atomic E-state index is -0.714. The van der Waals surface area contributed by atoms with E-state index in [1.54, 1.807) is 20.8 Å². The summed E-state index contributed by atoms with van der Waals surface area (Å²) in [6, 6.07) is 8.98. The molecule has 1 aliphatic heterocycles. The Hall–Kier alpha value is -2.12. The van der Waals surface area contributed by atoms with E-state index in [9.17, 15) is 9.59 Å². The Bertz CT molecular complexity index is 684. The van der Waals surface area contributed by atoms with E-state index < -0.39 is 17.7 Å². The summed E-state index contributed by atoms with van der Waals surface area (Å²) in [6.07, 6.45) is 0.770. The monoisotopic (exact) mass is 433 g/mol. The summed E-state index contributed by atoms with van der Waals surface area (Å²) < 4.78 is 10.8. The molecule has 1 unspecified atom stereocenters. The largest absolute Gasteiger partial charge is 0.444 e. The zero-order chi connectivity index (χ0) is 22.9. The number of amides is 2. The normalized spacial score (nSPS) is 18.0. The van der Waals surface area contributed by atoms with Gasteiger partial charge in [-0.15, -0.1) is 0 Å². The number of carbonyl (C=O) groups excluding carboxylic acids is 2. The number of morpholine rings is 1. The number of carbonyl (C=O) groups is 2. The third-order valence-electron chi connectivity index (χ3n) is 5.51. The summed E-state index contributed by atoms with van der Waals surface area (Å²) >= 11 is 0. The average Bonchev–Trinajstić information content (AvgIpc) is 2.72.